The first-order valence-electron chi connectivity index (χ1n) is 5.55. The summed E-state index contributed by atoms with van der Waals surface area (Å²) in [6, 6.07) is 3.96. The normalized spacial score (nSPS) is 11.6. The van der Waals surface area contributed by atoms with Crippen molar-refractivity contribution < 1.29 is 24.0 Å². The summed E-state index contributed by atoms with van der Waals surface area (Å²) in [5, 5.41) is 11.0. The Bertz CT molecular complexity index is 545. The molecule has 0 amide bonds. The lowest BCUT2D eigenvalue weighted by molar-refractivity contribution is -0.385. The van der Waals surface area contributed by atoms with E-state index < -0.39 is 22.2 Å². The van der Waals surface area contributed by atoms with Crippen LogP contribution in [0.25, 0.3) is 0 Å². The topological polar surface area (TPSA) is 95.7 Å². The van der Waals surface area contributed by atoms with E-state index >= 15 is 0 Å². The van der Waals surface area contributed by atoms with Crippen molar-refractivity contribution in [2.24, 2.45) is 0 Å². The van der Waals surface area contributed by atoms with Crippen LogP contribution in [0.15, 0.2) is 18.2 Å². The van der Waals surface area contributed by atoms with E-state index in [2.05, 4.69) is 9.47 Å². The molecule has 0 saturated heterocycles. The Morgan fingerprint density at radius 3 is 2.60 bits per heavy atom. The first kappa shape index (κ1) is 15.9. The average molecular weight is 302 g/mol. The molecule has 1 unspecified atom stereocenters. The highest BCUT2D eigenvalue weighted by Crippen LogP contribution is 2.28. The van der Waals surface area contributed by atoms with Gasteiger partial charge in [-0.05, 0) is 6.07 Å². The quantitative estimate of drug-likeness (QED) is 0.359. The molecule has 0 aliphatic rings. The standard InChI is InChI=1S/C12H12ClNO6/c1-7(6-20-12(13)16)9-4-3-8(11(15)19-2)5-10(9)14(17)18/h3-5,7H,6H2,1-2H3. The molecule has 7 nitrogen and oxygen atoms in total. The Hall–Kier alpha value is -2.15. The Balaban J connectivity index is 3.10. The number of carbonyl (C=O) groups is 2. The van der Waals surface area contributed by atoms with E-state index in [4.69, 9.17) is 11.6 Å². The molecule has 0 radical (unpaired) electrons. The zero-order chi connectivity index (χ0) is 15.3. The van der Waals surface area contributed by atoms with Crippen LogP contribution in [0.2, 0.25) is 0 Å². The van der Waals surface area contributed by atoms with Gasteiger partial charge in [-0.2, -0.15) is 0 Å². The molecule has 1 rings (SSSR count). The van der Waals surface area contributed by atoms with E-state index in [-0.39, 0.29) is 17.9 Å². The highest BCUT2D eigenvalue weighted by atomic mass is 35.5. The minimum Gasteiger partial charge on any atom is -0.465 e. The lowest BCUT2D eigenvalue weighted by Gasteiger charge is -2.12. The third-order valence-electron chi connectivity index (χ3n) is 2.63. The van der Waals surface area contributed by atoms with Gasteiger partial charge in [-0.3, -0.25) is 10.1 Å². The van der Waals surface area contributed by atoms with Crippen molar-refractivity contribution in [2.45, 2.75) is 12.8 Å². The first-order chi connectivity index (χ1) is 9.36. The smallest absolute Gasteiger partial charge is 0.403 e. The molecule has 0 bridgehead atoms. The number of methoxy groups -OCH3 is 1. The van der Waals surface area contributed by atoms with Crippen LogP contribution in [0, 0.1) is 10.1 Å². The van der Waals surface area contributed by atoms with Crippen molar-refractivity contribution in [3.05, 3.63) is 39.4 Å². The number of halogens is 1. The molecule has 0 aliphatic heterocycles. The summed E-state index contributed by atoms with van der Waals surface area (Å²) < 4.78 is 9.11. The molecule has 0 N–H and O–H groups in total. The van der Waals surface area contributed by atoms with Crippen molar-refractivity contribution in [1.29, 1.82) is 0 Å². The van der Waals surface area contributed by atoms with Gasteiger partial charge in [0.2, 0.25) is 0 Å². The van der Waals surface area contributed by atoms with Gasteiger partial charge in [0.15, 0.2) is 0 Å². The molecule has 108 valence electrons. The molecule has 0 spiro atoms. The Labute approximate surface area is 119 Å². The summed E-state index contributed by atoms with van der Waals surface area (Å²) in [4.78, 5) is 32.3. The molecular formula is C12H12ClNO6. The molecule has 20 heavy (non-hydrogen) atoms. The van der Waals surface area contributed by atoms with Gasteiger partial charge in [0.25, 0.3) is 5.69 Å². The lowest BCUT2D eigenvalue weighted by atomic mass is 9.98. The zero-order valence-electron chi connectivity index (χ0n) is 10.8. The molecule has 8 heteroatoms. The Morgan fingerprint density at radius 1 is 1.45 bits per heavy atom. The largest absolute Gasteiger partial charge is 0.465 e. The second-order valence-electron chi connectivity index (χ2n) is 3.97. The first-order valence-corrected chi connectivity index (χ1v) is 5.93. The highest BCUT2D eigenvalue weighted by Gasteiger charge is 2.22. The highest BCUT2D eigenvalue weighted by molar-refractivity contribution is 6.61. The van der Waals surface area contributed by atoms with Crippen LogP contribution in [-0.2, 0) is 9.47 Å². The van der Waals surface area contributed by atoms with E-state index in [1.165, 1.54) is 19.2 Å². The van der Waals surface area contributed by atoms with Crippen molar-refractivity contribution in [1.82, 2.24) is 0 Å². The van der Waals surface area contributed by atoms with Crippen LogP contribution in [-0.4, -0.2) is 30.0 Å². The van der Waals surface area contributed by atoms with E-state index in [9.17, 15) is 19.7 Å². The minimum absolute atomic E-state index is 0.0736. The summed E-state index contributed by atoms with van der Waals surface area (Å²) in [7, 11) is 1.19. The maximum atomic E-state index is 11.4. The molecule has 0 fully saturated rings. The molecule has 0 aromatic heterocycles. The van der Waals surface area contributed by atoms with Gasteiger partial charge in [-0.15, -0.1) is 0 Å². The predicted octanol–water partition coefficient (Wildman–Crippen LogP) is 2.86. The molecule has 0 saturated carbocycles. The minimum atomic E-state index is -0.981. The second-order valence-corrected chi connectivity index (χ2v) is 4.28. The maximum absolute atomic E-state index is 11.4. The van der Waals surface area contributed by atoms with Crippen LogP contribution < -0.4 is 0 Å². The zero-order valence-corrected chi connectivity index (χ0v) is 11.5. The van der Waals surface area contributed by atoms with Crippen molar-refractivity contribution in [2.75, 3.05) is 13.7 Å². The fourth-order valence-corrected chi connectivity index (χ4v) is 1.71. The Kier molecular flexibility index (Phi) is 5.45. The molecule has 0 aliphatic carbocycles. The number of hydrogen-bond donors (Lipinski definition) is 0. The van der Waals surface area contributed by atoms with Gasteiger partial charge in [0.05, 0.1) is 24.2 Å². The molecule has 1 aromatic carbocycles. The van der Waals surface area contributed by atoms with E-state index in [1.807, 2.05) is 0 Å². The van der Waals surface area contributed by atoms with Crippen LogP contribution in [0.4, 0.5) is 10.5 Å². The summed E-state index contributed by atoms with van der Waals surface area (Å²) in [6.07, 6.45) is 0. The van der Waals surface area contributed by atoms with E-state index in [1.54, 1.807) is 6.92 Å². The fraction of sp³-hybridized carbons (Fsp3) is 0.333. The third kappa shape index (κ3) is 3.92. The monoisotopic (exact) mass is 301 g/mol. The van der Waals surface area contributed by atoms with Crippen molar-refractivity contribution in [3.63, 3.8) is 0 Å². The summed E-state index contributed by atoms with van der Waals surface area (Å²) in [5.41, 5.74) is -0.818. The van der Waals surface area contributed by atoms with Gasteiger partial charge >= 0.3 is 11.4 Å². The number of benzene rings is 1. The van der Waals surface area contributed by atoms with Gasteiger partial charge in [0, 0.05) is 29.1 Å². The van der Waals surface area contributed by atoms with Gasteiger partial charge < -0.3 is 9.47 Å². The molecular weight excluding hydrogens is 290 g/mol. The summed E-state index contributed by atoms with van der Waals surface area (Å²) >= 11 is 5.04. The summed E-state index contributed by atoms with van der Waals surface area (Å²) in [5.74, 6) is -1.11. The van der Waals surface area contributed by atoms with E-state index in [0.29, 0.717) is 5.56 Å². The molecule has 1 atom stereocenters. The fourth-order valence-electron chi connectivity index (χ4n) is 1.64. The van der Waals surface area contributed by atoms with Gasteiger partial charge in [0.1, 0.15) is 0 Å². The Morgan fingerprint density at radius 2 is 2.10 bits per heavy atom. The third-order valence-corrected chi connectivity index (χ3v) is 2.74. The van der Waals surface area contributed by atoms with Crippen molar-refractivity contribution >= 4 is 28.7 Å². The number of ether oxygens (including phenoxy) is 2. The van der Waals surface area contributed by atoms with Gasteiger partial charge in [-0.25, -0.2) is 9.59 Å². The number of nitro groups is 1. The van der Waals surface area contributed by atoms with Gasteiger partial charge in [-0.1, -0.05) is 13.0 Å². The number of rotatable bonds is 5. The maximum Gasteiger partial charge on any atom is 0.403 e. The van der Waals surface area contributed by atoms with Crippen LogP contribution in [0.3, 0.4) is 0 Å². The lowest BCUT2D eigenvalue weighted by Crippen LogP contribution is -2.10. The molecule has 1 aromatic rings. The predicted molar refractivity (Wildman–Crippen MR) is 70.1 cm³/mol. The van der Waals surface area contributed by atoms with Crippen LogP contribution in [0.1, 0.15) is 28.8 Å². The van der Waals surface area contributed by atoms with Crippen LogP contribution >= 0.6 is 11.6 Å². The number of nitro benzene ring substituents is 1. The summed E-state index contributed by atoms with van der Waals surface area (Å²) in [6.45, 7) is 1.54. The number of hydrogen-bond acceptors (Lipinski definition) is 6. The molecule has 0 heterocycles. The van der Waals surface area contributed by atoms with Crippen molar-refractivity contribution in [3.8, 4) is 0 Å². The van der Waals surface area contributed by atoms with Crippen LogP contribution in [0.5, 0.6) is 0 Å². The number of nitrogens with zero attached hydrogens (tertiary/aromatic N) is 1. The average Bonchev–Trinajstić information content (AvgIpc) is 2.43. The number of esters is 1. The van der Waals surface area contributed by atoms with E-state index in [0.717, 1.165) is 6.07 Å². The second kappa shape index (κ2) is 6.85. The number of carbonyl (C=O) groups excluding carboxylic acids is 2. The SMILES string of the molecule is COC(=O)c1ccc(C(C)COC(=O)Cl)c([N+](=O)[O-])c1.